The molecular formula is C22H14BrF3N4O2S. The highest BCUT2D eigenvalue weighted by Crippen LogP contribution is 2.34. The van der Waals surface area contributed by atoms with Gasteiger partial charge in [0.15, 0.2) is 5.69 Å². The fourth-order valence-corrected chi connectivity index (χ4v) is 4.16. The molecule has 6 nitrogen and oxygen atoms in total. The Hall–Kier alpha value is -3.44. The first-order valence-corrected chi connectivity index (χ1v) is 11.1. The maximum Gasteiger partial charge on any atom is 0.435 e. The quantitative estimate of drug-likeness (QED) is 0.341. The topological polar surface area (TPSA) is 76.0 Å². The highest BCUT2D eigenvalue weighted by atomic mass is 79.9. The summed E-state index contributed by atoms with van der Waals surface area (Å²) in [6.07, 6.45) is -4.59. The summed E-state index contributed by atoms with van der Waals surface area (Å²) in [5.74, 6) is -1.10. The fraction of sp³-hybridized carbons (Fsp3) is 0.0455. The summed E-state index contributed by atoms with van der Waals surface area (Å²) in [7, 11) is 0. The van der Waals surface area contributed by atoms with E-state index in [2.05, 4.69) is 31.9 Å². The molecule has 0 unspecified atom stereocenters. The van der Waals surface area contributed by atoms with E-state index < -0.39 is 23.7 Å². The minimum absolute atomic E-state index is 0.201. The van der Waals surface area contributed by atoms with Crippen molar-refractivity contribution in [3.05, 3.63) is 93.4 Å². The Kier molecular flexibility index (Phi) is 6.34. The lowest BCUT2D eigenvalue weighted by atomic mass is 10.2. The molecule has 0 aliphatic rings. The fourth-order valence-electron chi connectivity index (χ4n) is 2.97. The third-order valence-electron chi connectivity index (χ3n) is 4.56. The molecule has 33 heavy (non-hydrogen) atoms. The number of nitrogens with zero attached hydrogens (tertiary/aromatic N) is 2. The van der Waals surface area contributed by atoms with Crippen LogP contribution in [0.25, 0.3) is 16.3 Å². The lowest BCUT2D eigenvalue weighted by Gasteiger charge is -2.10. The van der Waals surface area contributed by atoms with E-state index in [1.165, 1.54) is 40.3 Å². The molecule has 2 amide bonds. The van der Waals surface area contributed by atoms with Crippen LogP contribution in [0.5, 0.6) is 0 Å². The second-order valence-corrected chi connectivity index (χ2v) is 8.54. The Morgan fingerprint density at radius 3 is 2.27 bits per heavy atom. The number of carbonyl (C=O) groups is 2. The van der Waals surface area contributed by atoms with Crippen molar-refractivity contribution in [1.29, 1.82) is 0 Å². The van der Waals surface area contributed by atoms with E-state index in [0.29, 0.717) is 20.6 Å². The first kappa shape index (κ1) is 22.7. The van der Waals surface area contributed by atoms with Crippen LogP contribution in [0.15, 0.2) is 76.6 Å². The molecule has 168 valence electrons. The van der Waals surface area contributed by atoms with Gasteiger partial charge in [-0.2, -0.15) is 18.3 Å². The molecule has 0 atom stereocenters. The summed E-state index contributed by atoms with van der Waals surface area (Å²) in [5.41, 5.74) is 4.80. The number of amides is 2. The molecule has 0 bridgehead atoms. The van der Waals surface area contributed by atoms with E-state index in [-0.39, 0.29) is 11.3 Å². The number of benzene rings is 2. The number of hydrazine groups is 1. The largest absolute Gasteiger partial charge is 0.435 e. The van der Waals surface area contributed by atoms with Crippen molar-refractivity contribution in [3.8, 4) is 16.3 Å². The molecule has 2 aromatic heterocycles. The van der Waals surface area contributed by atoms with E-state index >= 15 is 0 Å². The molecule has 2 aromatic carbocycles. The number of thiophene rings is 1. The van der Waals surface area contributed by atoms with Crippen molar-refractivity contribution < 1.29 is 22.8 Å². The molecule has 0 spiro atoms. The second-order valence-electron chi connectivity index (χ2n) is 6.74. The van der Waals surface area contributed by atoms with Gasteiger partial charge in [-0.25, -0.2) is 4.68 Å². The zero-order valence-corrected chi connectivity index (χ0v) is 19.0. The van der Waals surface area contributed by atoms with Crippen LogP contribution in [0.1, 0.15) is 26.4 Å². The van der Waals surface area contributed by atoms with E-state index in [9.17, 15) is 22.8 Å². The van der Waals surface area contributed by atoms with Crippen molar-refractivity contribution in [3.63, 3.8) is 0 Å². The Balaban J connectivity index is 1.53. The maximum absolute atomic E-state index is 13.2. The SMILES string of the molecule is O=C(NNC(=O)c1ccccc1Br)c1ccc(-n2nc(C(F)(F)F)cc2-c2cccs2)cc1. The third kappa shape index (κ3) is 4.99. The molecule has 0 fully saturated rings. The van der Waals surface area contributed by atoms with Crippen LogP contribution < -0.4 is 10.9 Å². The van der Waals surface area contributed by atoms with Crippen molar-refractivity contribution in [1.82, 2.24) is 20.6 Å². The predicted molar refractivity (Wildman–Crippen MR) is 121 cm³/mol. The lowest BCUT2D eigenvalue weighted by molar-refractivity contribution is -0.141. The van der Waals surface area contributed by atoms with Crippen LogP contribution in [0.2, 0.25) is 0 Å². The van der Waals surface area contributed by atoms with E-state index in [0.717, 1.165) is 6.07 Å². The molecule has 0 aliphatic heterocycles. The van der Waals surface area contributed by atoms with E-state index in [4.69, 9.17) is 0 Å². The first-order chi connectivity index (χ1) is 15.7. The molecule has 4 rings (SSSR count). The average Bonchev–Trinajstić information content (AvgIpc) is 3.47. The molecule has 0 radical (unpaired) electrons. The zero-order chi connectivity index (χ0) is 23.6. The molecule has 0 saturated carbocycles. The van der Waals surface area contributed by atoms with Gasteiger partial charge in [-0.05, 0) is 69.8 Å². The summed E-state index contributed by atoms with van der Waals surface area (Å²) in [5, 5.41) is 5.48. The van der Waals surface area contributed by atoms with Crippen LogP contribution >= 0.6 is 27.3 Å². The summed E-state index contributed by atoms with van der Waals surface area (Å²) < 4.78 is 41.5. The Morgan fingerprint density at radius 2 is 1.64 bits per heavy atom. The highest BCUT2D eigenvalue weighted by molar-refractivity contribution is 9.10. The van der Waals surface area contributed by atoms with Gasteiger partial charge in [-0.1, -0.05) is 18.2 Å². The highest BCUT2D eigenvalue weighted by Gasteiger charge is 2.35. The number of nitrogens with one attached hydrogen (secondary N) is 2. The number of alkyl halides is 3. The minimum atomic E-state index is -4.59. The number of carbonyl (C=O) groups excluding carboxylic acids is 2. The van der Waals surface area contributed by atoms with Gasteiger partial charge in [0, 0.05) is 10.0 Å². The first-order valence-electron chi connectivity index (χ1n) is 9.41. The predicted octanol–water partition coefficient (Wildman–Crippen LogP) is 5.46. The number of hydrogen-bond donors (Lipinski definition) is 2. The van der Waals surface area contributed by atoms with E-state index in [1.54, 1.807) is 41.8 Å². The van der Waals surface area contributed by atoms with Crippen molar-refractivity contribution in [2.45, 2.75) is 6.18 Å². The van der Waals surface area contributed by atoms with Crippen LogP contribution in [-0.4, -0.2) is 21.6 Å². The van der Waals surface area contributed by atoms with Gasteiger partial charge in [-0.15, -0.1) is 11.3 Å². The summed E-state index contributed by atoms with van der Waals surface area (Å²) in [6.45, 7) is 0. The van der Waals surface area contributed by atoms with Gasteiger partial charge in [-0.3, -0.25) is 20.4 Å². The Bertz CT molecular complexity index is 1300. The molecule has 0 aliphatic carbocycles. The summed E-state index contributed by atoms with van der Waals surface area (Å²) >= 11 is 4.55. The second kappa shape index (κ2) is 9.20. The van der Waals surface area contributed by atoms with Crippen molar-refractivity contribution >= 4 is 39.1 Å². The third-order valence-corrected chi connectivity index (χ3v) is 6.14. The smallest absolute Gasteiger partial charge is 0.267 e. The van der Waals surface area contributed by atoms with E-state index in [1.807, 2.05) is 0 Å². The van der Waals surface area contributed by atoms with Crippen LogP contribution in [0.4, 0.5) is 13.2 Å². The van der Waals surface area contributed by atoms with Crippen LogP contribution in [0, 0.1) is 0 Å². The average molecular weight is 535 g/mol. The molecule has 11 heteroatoms. The van der Waals surface area contributed by atoms with Crippen LogP contribution in [0.3, 0.4) is 0 Å². The number of aromatic nitrogens is 2. The molecule has 4 aromatic rings. The number of halogens is 4. The lowest BCUT2D eigenvalue weighted by Crippen LogP contribution is -2.41. The van der Waals surface area contributed by atoms with Crippen LogP contribution in [-0.2, 0) is 6.18 Å². The van der Waals surface area contributed by atoms with Gasteiger partial charge in [0.05, 0.1) is 21.8 Å². The van der Waals surface area contributed by atoms with Crippen molar-refractivity contribution in [2.24, 2.45) is 0 Å². The van der Waals surface area contributed by atoms with Gasteiger partial charge >= 0.3 is 6.18 Å². The molecule has 2 N–H and O–H groups in total. The Labute approximate surface area is 198 Å². The minimum Gasteiger partial charge on any atom is -0.267 e. The molecule has 0 saturated heterocycles. The molecular weight excluding hydrogens is 521 g/mol. The van der Waals surface area contributed by atoms with Crippen molar-refractivity contribution in [2.75, 3.05) is 0 Å². The Morgan fingerprint density at radius 1 is 0.939 bits per heavy atom. The number of rotatable bonds is 4. The molecule has 2 heterocycles. The van der Waals surface area contributed by atoms with Gasteiger partial charge in [0.1, 0.15) is 0 Å². The summed E-state index contributed by atoms with van der Waals surface area (Å²) in [4.78, 5) is 25.2. The summed E-state index contributed by atoms with van der Waals surface area (Å²) in [6, 6.07) is 17.0. The van der Waals surface area contributed by atoms with Gasteiger partial charge in [0.2, 0.25) is 0 Å². The maximum atomic E-state index is 13.2. The van der Waals surface area contributed by atoms with Gasteiger partial charge in [0.25, 0.3) is 11.8 Å². The van der Waals surface area contributed by atoms with Gasteiger partial charge < -0.3 is 0 Å². The number of hydrogen-bond acceptors (Lipinski definition) is 4. The standard InChI is InChI=1S/C22H14BrF3N4O2S/c23-16-5-2-1-4-15(16)21(32)28-27-20(31)13-7-9-14(10-8-13)30-17(18-6-3-11-33-18)12-19(29-30)22(24,25)26/h1-12H,(H,27,31)(H,28,32). The monoisotopic (exact) mass is 534 g/mol. The zero-order valence-electron chi connectivity index (χ0n) is 16.6. The normalized spacial score (nSPS) is 11.3.